The fraction of sp³-hybridized carbons (Fsp3) is 0.917. The zero-order valence-electron chi connectivity index (χ0n) is 11.0. The van der Waals surface area contributed by atoms with Crippen LogP contribution in [0.5, 0.6) is 0 Å². The Morgan fingerprint density at radius 1 is 1.28 bits per heavy atom. The summed E-state index contributed by atoms with van der Waals surface area (Å²) in [6.45, 7) is 6.00. The van der Waals surface area contributed by atoms with E-state index in [1.807, 2.05) is 4.90 Å². The molecular weight excluding hydrogens is 252 g/mol. The maximum absolute atomic E-state index is 11.6. The Hall–Kier alpha value is -0.360. The van der Waals surface area contributed by atoms with Crippen molar-refractivity contribution in [3.63, 3.8) is 0 Å². The van der Waals surface area contributed by atoms with Crippen molar-refractivity contribution in [3.8, 4) is 0 Å². The summed E-state index contributed by atoms with van der Waals surface area (Å²) in [4.78, 5) is 13.5. The van der Waals surface area contributed by atoms with Crippen molar-refractivity contribution in [1.29, 1.82) is 0 Å². The summed E-state index contributed by atoms with van der Waals surface area (Å²) in [6, 6.07) is 0. The van der Waals surface area contributed by atoms with Crippen LogP contribution in [0.1, 0.15) is 12.8 Å². The van der Waals surface area contributed by atoms with E-state index >= 15 is 0 Å². The molecule has 1 aliphatic heterocycles. The van der Waals surface area contributed by atoms with Crippen molar-refractivity contribution >= 4 is 17.5 Å². The number of nitrogens with two attached hydrogens (primary N) is 1. The Balaban J connectivity index is 1.93. The zero-order valence-corrected chi connectivity index (χ0v) is 11.7. The van der Waals surface area contributed by atoms with Gasteiger partial charge in [0.25, 0.3) is 0 Å². The van der Waals surface area contributed by atoms with Crippen molar-refractivity contribution < 1.29 is 4.79 Å². The minimum atomic E-state index is 0.243. The van der Waals surface area contributed by atoms with Crippen molar-refractivity contribution in [3.05, 3.63) is 0 Å². The highest BCUT2D eigenvalue weighted by molar-refractivity contribution is 6.18. The van der Waals surface area contributed by atoms with Gasteiger partial charge in [-0.1, -0.05) is 0 Å². The normalized spacial score (nSPS) is 19.8. The molecule has 1 rings (SSSR count). The molecule has 1 fully saturated rings. The van der Waals surface area contributed by atoms with Gasteiger partial charge in [-0.2, -0.15) is 0 Å². The third kappa shape index (κ3) is 6.00. The Morgan fingerprint density at radius 3 is 2.61 bits per heavy atom. The van der Waals surface area contributed by atoms with Crippen molar-refractivity contribution in [2.45, 2.75) is 12.8 Å². The standard InChI is InChI=1S/C12H25ClN4O/c13-9-11-8-12(18)17(10-11)7-6-16-4-1-3-15-5-2-14/h11,15-16H,1-10,14H2. The SMILES string of the molecule is NCCNCCCNCCN1CC(CCl)CC1=O. The molecule has 0 aromatic rings. The quantitative estimate of drug-likeness (QED) is 0.375. The predicted molar refractivity (Wildman–Crippen MR) is 74.8 cm³/mol. The summed E-state index contributed by atoms with van der Waals surface area (Å²) >= 11 is 5.77. The molecule has 106 valence electrons. The number of nitrogens with zero attached hydrogens (tertiary/aromatic N) is 1. The largest absolute Gasteiger partial charge is 0.341 e. The Bertz CT molecular complexity index is 240. The van der Waals surface area contributed by atoms with E-state index in [1.54, 1.807) is 0 Å². The molecule has 0 bridgehead atoms. The number of halogens is 1. The molecule has 18 heavy (non-hydrogen) atoms. The molecule has 1 heterocycles. The number of alkyl halides is 1. The van der Waals surface area contributed by atoms with Crippen LogP contribution in [0.4, 0.5) is 0 Å². The topological polar surface area (TPSA) is 70.4 Å². The first-order valence-electron chi connectivity index (χ1n) is 6.73. The van der Waals surface area contributed by atoms with Crippen LogP contribution >= 0.6 is 11.6 Å². The maximum Gasteiger partial charge on any atom is 0.223 e. The maximum atomic E-state index is 11.6. The fourth-order valence-corrected chi connectivity index (χ4v) is 2.28. The molecule has 1 aliphatic rings. The van der Waals surface area contributed by atoms with Crippen LogP contribution in [0.15, 0.2) is 0 Å². The molecule has 0 saturated carbocycles. The van der Waals surface area contributed by atoms with Crippen molar-refractivity contribution in [2.24, 2.45) is 11.7 Å². The first-order chi connectivity index (χ1) is 8.77. The highest BCUT2D eigenvalue weighted by Gasteiger charge is 2.27. The number of nitrogens with one attached hydrogen (secondary N) is 2. The lowest BCUT2D eigenvalue weighted by molar-refractivity contribution is -0.127. The lowest BCUT2D eigenvalue weighted by atomic mass is 10.2. The molecule has 0 aliphatic carbocycles. The number of hydrogen-bond donors (Lipinski definition) is 3. The molecule has 6 heteroatoms. The molecule has 5 nitrogen and oxygen atoms in total. The minimum Gasteiger partial charge on any atom is -0.341 e. The lowest BCUT2D eigenvalue weighted by Crippen LogP contribution is -2.34. The van der Waals surface area contributed by atoms with Gasteiger partial charge in [0, 0.05) is 45.0 Å². The monoisotopic (exact) mass is 276 g/mol. The molecule has 1 saturated heterocycles. The first-order valence-corrected chi connectivity index (χ1v) is 7.26. The summed E-state index contributed by atoms with van der Waals surface area (Å²) < 4.78 is 0. The van der Waals surface area contributed by atoms with Gasteiger partial charge in [0.1, 0.15) is 0 Å². The summed E-state index contributed by atoms with van der Waals surface area (Å²) in [5.74, 6) is 1.18. The van der Waals surface area contributed by atoms with Crippen LogP contribution in [0.25, 0.3) is 0 Å². The number of carbonyl (C=O) groups excluding carboxylic acids is 1. The fourth-order valence-electron chi connectivity index (χ4n) is 2.08. The van der Waals surface area contributed by atoms with E-state index in [2.05, 4.69) is 10.6 Å². The summed E-state index contributed by atoms with van der Waals surface area (Å²) in [7, 11) is 0. The highest BCUT2D eigenvalue weighted by atomic mass is 35.5. The van der Waals surface area contributed by atoms with Gasteiger partial charge in [-0.25, -0.2) is 0 Å². The molecule has 0 spiro atoms. The number of hydrogen-bond acceptors (Lipinski definition) is 4. The minimum absolute atomic E-state index is 0.243. The second-order valence-corrected chi connectivity index (χ2v) is 5.02. The van der Waals surface area contributed by atoms with Crippen LogP contribution in [0.3, 0.4) is 0 Å². The molecule has 1 amide bonds. The van der Waals surface area contributed by atoms with Gasteiger partial charge < -0.3 is 21.3 Å². The lowest BCUT2D eigenvalue weighted by Gasteiger charge is -2.16. The van der Waals surface area contributed by atoms with Gasteiger partial charge in [-0.3, -0.25) is 4.79 Å². The molecule has 0 radical (unpaired) electrons. The molecular formula is C12H25ClN4O. The predicted octanol–water partition coefficient (Wildman–Crippen LogP) is -0.398. The van der Waals surface area contributed by atoms with E-state index < -0.39 is 0 Å². The van der Waals surface area contributed by atoms with Crippen molar-refractivity contribution in [2.75, 3.05) is 51.7 Å². The molecule has 0 aromatic heterocycles. The number of carbonyl (C=O) groups is 1. The first kappa shape index (κ1) is 15.7. The van der Waals surface area contributed by atoms with Crippen molar-refractivity contribution in [1.82, 2.24) is 15.5 Å². The molecule has 1 unspecified atom stereocenters. The summed E-state index contributed by atoms with van der Waals surface area (Å²) in [5.41, 5.74) is 5.37. The van der Waals surface area contributed by atoms with Gasteiger partial charge in [0.15, 0.2) is 0 Å². The van der Waals surface area contributed by atoms with Crippen LogP contribution < -0.4 is 16.4 Å². The van der Waals surface area contributed by atoms with Crippen LogP contribution in [0.2, 0.25) is 0 Å². The molecule has 0 aromatic carbocycles. The van der Waals surface area contributed by atoms with Gasteiger partial charge >= 0.3 is 0 Å². The smallest absolute Gasteiger partial charge is 0.223 e. The molecule has 1 atom stereocenters. The average molecular weight is 277 g/mol. The Labute approximate surface area is 114 Å². The van der Waals surface area contributed by atoms with E-state index in [4.69, 9.17) is 17.3 Å². The van der Waals surface area contributed by atoms with Gasteiger partial charge in [0.05, 0.1) is 0 Å². The van der Waals surface area contributed by atoms with E-state index in [0.29, 0.717) is 24.8 Å². The van der Waals surface area contributed by atoms with E-state index in [-0.39, 0.29) is 5.91 Å². The third-order valence-corrected chi connectivity index (χ3v) is 3.54. The second kappa shape index (κ2) is 9.55. The second-order valence-electron chi connectivity index (χ2n) is 4.71. The van der Waals surface area contributed by atoms with Gasteiger partial charge in [-0.05, 0) is 25.4 Å². The van der Waals surface area contributed by atoms with Crippen LogP contribution in [0, 0.1) is 5.92 Å². The highest BCUT2D eigenvalue weighted by Crippen LogP contribution is 2.17. The zero-order chi connectivity index (χ0) is 13.2. The Kier molecular flexibility index (Phi) is 8.33. The third-order valence-electron chi connectivity index (χ3n) is 3.10. The summed E-state index contributed by atoms with van der Waals surface area (Å²) in [5, 5.41) is 6.59. The average Bonchev–Trinajstić information content (AvgIpc) is 2.73. The van der Waals surface area contributed by atoms with E-state index in [9.17, 15) is 4.79 Å². The van der Waals surface area contributed by atoms with Crippen LogP contribution in [-0.2, 0) is 4.79 Å². The van der Waals surface area contributed by atoms with E-state index in [0.717, 1.165) is 45.7 Å². The van der Waals surface area contributed by atoms with E-state index in [1.165, 1.54) is 0 Å². The number of rotatable bonds is 10. The number of amides is 1. The molecule has 4 N–H and O–H groups in total. The Morgan fingerprint density at radius 2 is 2.00 bits per heavy atom. The van der Waals surface area contributed by atoms with Crippen LogP contribution in [-0.4, -0.2) is 62.5 Å². The van der Waals surface area contributed by atoms with Gasteiger partial charge in [-0.15, -0.1) is 11.6 Å². The van der Waals surface area contributed by atoms with Gasteiger partial charge in [0.2, 0.25) is 5.91 Å². The summed E-state index contributed by atoms with van der Waals surface area (Å²) in [6.07, 6.45) is 1.70. The number of likely N-dealkylation sites (tertiary alicyclic amines) is 1.